The van der Waals surface area contributed by atoms with Gasteiger partial charge < -0.3 is 10.5 Å². The van der Waals surface area contributed by atoms with Crippen LogP contribution in [0.4, 0.5) is 5.69 Å². The van der Waals surface area contributed by atoms with E-state index in [0.29, 0.717) is 11.3 Å². The molecule has 0 spiro atoms. The van der Waals surface area contributed by atoms with E-state index in [4.69, 9.17) is 5.73 Å². The van der Waals surface area contributed by atoms with Crippen LogP contribution in [0.15, 0.2) is 36.7 Å². The van der Waals surface area contributed by atoms with Gasteiger partial charge in [0.25, 0.3) is 0 Å². The quantitative estimate of drug-likeness (QED) is 0.607. The molecule has 2 N–H and O–H groups in total. The fourth-order valence-corrected chi connectivity index (χ4v) is 1.35. The lowest BCUT2D eigenvalue weighted by atomic mass is 10.3. The molecule has 0 unspecified atom stereocenters. The lowest BCUT2D eigenvalue weighted by Crippen LogP contribution is -1.99. The summed E-state index contributed by atoms with van der Waals surface area (Å²) in [5.74, 6) is -0.407. The summed E-state index contributed by atoms with van der Waals surface area (Å²) < 4.78 is 6.16. The van der Waals surface area contributed by atoms with Crippen LogP contribution < -0.4 is 5.73 Å². The maximum atomic E-state index is 11.2. The molecule has 0 fully saturated rings. The molecule has 0 saturated heterocycles. The number of benzene rings is 1. The second kappa shape index (κ2) is 4.06. The van der Waals surface area contributed by atoms with Crippen molar-refractivity contribution in [1.29, 1.82) is 0 Å². The van der Waals surface area contributed by atoms with E-state index in [1.54, 1.807) is 23.0 Å². The number of nitrogens with zero attached hydrogens (tertiary/aromatic N) is 2. The van der Waals surface area contributed by atoms with Gasteiger partial charge >= 0.3 is 5.97 Å². The molecule has 0 aliphatic heterocycles. The molecule has 0 aliphatic carbocycles. The summed E-state index contributed by atoms with van der Waals surface area (Å²) in [6, 6.07) is 7.23. The molecule has 0 amide bonds. The van der Waals surface area contributed by atoms with E-state index >= 15 is 0 Å². The van der Waals surface area contributed by atoms with Gasteiger partial charge in [0.2, 0.25) is 0 Å². The van der Waals surface area contributed by atoms with Gasteiger partial charge in [-0.15, -0.1) is 0 Å². The van der Waals surface area contributed by atoms with Crippen LogP contribution in [0.5, 0.6) is 0 Å². The van der Waals surface area contributed by atoms with Gasteiger partial charge in [0.15, 0.2) is 0 Å². The molecular formula is C11H11N3O2. The Balaban J connectivity index is 2.35. The largest absolute Gasteiger partial charge is 0.465 e. The SMILES string of the molecule is COC(=O)c1cnn(-c2cccc(N)c2)c1. The van der Waals surface area contributed by atoms with Crippen molar-refractivity contribution >= 4 is 11.7 Å². The van der Waals surface area contributed by atoms with Crippen molar-refractivity contribution in [3.8, 4) is 5.69 Å². The first kappa shape index (κ1) is 10.2. The summed E-state index contributed by atoms with van der Waals surface area (Å²) in [4.78, 5) is 11.2. The summed E-state index contributed by atoms with van der Waals surface area (Å²) in [7, 11) is 1.33. The second-order valence-corrected chi connectivity index (χ2v) is 3.26. The number of aromatic nitrogens is 2. The van der Waals surface area contributed by atoms with E-state index in [2.05, 4.69) is 9.84 Å². The molecule has 2 aromatic rings. The highest BCUT2D eigenvalue weighted by atomic mass is 16.5. The van der Waals surface area contributed by atoms with Crippen LogP contribution >= 0.6 is 0 Å². The zero-order chi connectivity index (χ0) is 11.5. The Hall–Kier alpha value is -2.30. The smallest absolute Gasteiger partial charge is 0.341 e. The molecule has 16 heavy (non-hydrogen) atoms. The zero-order valence-electron chi connectivity index (χ0n) is 8.75. The van der Waals surface area contributed by atoms with Gasteiger partial charge in [0.05, 0.1) is 24.6 Å². The van der Waals surface area contributed by atoms with Crippen LogP contribution in [0, 0.1) is 0 Å². The Morgan fingerprint density at radius 3 is 3.00 bits per heavy atom. The van der Waals surface area contributed by atoms with Crippen molar-refractivity contribution in [3.63, 3.8) is 0 Å². The van der Waals surface area contributed by atoms with Gasteiger partial charge in [-0.25, -0.2) is 9.48 Å². The number of anilines is 1. The number of hydrogen-bond donors (Lipinski definition) is 1. The van der Waals surface area contributed by atoms with Crippen molar-refractivity contribution in [2.24, 2.45) is 0 Å². The summed E-state index contributed by atoms with van der Waals surface area (Å²) in [5.41, 5.74) is 7.51. The van der Waals surface area contributed by atoms with E-state index in [0.717, 1.165) is 5.69 Å². The lowest BCUT2D eigenvalue weighted by Gasteiger charge is -2.01. The minimum Gasteiger partial charge on any atom is -0.465 e. The van der Waals surface area contributed by atoms with Gasteiger partial charge in [-0.2, -0.15) is 5.10 Å². The van der Waals surface area contributed by atoms with Crippen LogP contribution in [0.2, 0.25) is 0 Å². The van der Waals surface area contributed by atoms with Crippen molar-refractivity contribution in [3.05, 3.63) is 42.2 Å². The number of rotatable bonds is 2. The normalized spacial score (nSPS) is 10.1. The first-order chi connectivity index (χ1) is 7.70. The van der Waals surface area contributed by atoms with Gasteiger partial charge in [-0.05, 0) is 18.2 Å². The molecule has 0 aliphatic rings. The molecule has 1 heterocycles. The maximum Gasteiger partial charge on any atom is 0.341 e. The van der Waals surface area contributed by atoms with Crippen LogP contribution in [0.3, 0.4) is 0 Å². The summed E-state index contributed by atoms with van der Waals surface area (Å²) in [6.07, 6.45) is 3.05. The van der Waals surface area contributed by atoms with Crippen molar-refractivity contribution in [1.82, 2.24) is 9.78 Å². The number of nitrogens with two attached hydrogens (primary N) is 1. The lowest BCUT2D eigenvalue weighted by molar-refractivity contribution is 0.0600. The van der Waals surface area contributed by atoms with Gasteiger partial charge in [-0.3, -0.25) is 0 Å². The molecule has 5 nitrogen and oxygen atoms in total. The molecule has 0 bridgehead atoms. The average molecular weight is 217 g/mol. The minimum absolute atomic E-state index is 0.407. The van der Waals surface area contributed by atoms with E-state index in [9.17, 15) is 4.79 Å². The number of methoxy groups -OCH3 is 1. The predicted octanol–water partition coefficient (Wildman–Crippen LogP) is 1.24. The molecule has 2 rings (SSSR count). The summed E-state index contributed by atoms with van der Waals surface area (Å²) in [6.45, 7) is 0. The van der Waals surface area contributed by atoms with Crippen LogP contribution in [-0.2, 0) is 4.74 Å². The van der Waals surface area contributed by atoms with Crippen LogP contribution in [0.25, 0.3) is 5.69 Å². The molecule has 0 saturated carbocycles. The molecule has 82 valence electrons. The number of carbonyl (C=O) groups excluding carboxylic acids is 1. The van der Waals surface area contributed by atoms with E-state index in [1.807, 2.05) is 12.1 Å². The summed E-state index contributed by atoms with van der Waals surface area (Å²) in [5, 5.41) is 4.06. The molecular weight excluding hydrogens is 206 g/mol. The number of hydrogen-bond acceptors (Lipinski definition) is 4. The van der Waals surface area contributed by atoms with Gasteiger partial charge in [0.1, 0.15) is 0 Å². The monoisotopic (exact) mass is 217 g/mol. The Bertz CT molecular complexity index is 519. The Kier molecular flexibility index (Phi) is 2.59. The molecule has 0 radical (unpaired) electrons. The van der Waals surface area contributed by atoms with E-state index < -0.39 is 5.97 Å². The number of nitrogen functional groups attached to an aromatic ring is 1. The Labute approximate surface area is 92.4 Å². The third-order valence-electron chi connectivity index (χ3n) is 2.14. The summed E-state index contributed by atoms with van der Waals surface area (Å²) >= 11 is 0. The first-order valence-corrected chi connectivity index (χ1v) is 4.69. The zero-order valence-corrected chi connectivity index (χ0v) is 8.75. The molecule has 1 aromatic heterocycles. The second-order valence-electron chi connectivity index (χ2n) is 3.26. The fraction of sp³-hybridized carbons (Fsp3) is 0.0909. The topological polar surface area (TPSA) is 70.1 Å². The van der Waals surface area contributed by atoms with Crippen molar-refractivity contribution in [2.45, 2.75) is 0 Å². The third-order valence-corrected chi connectivity index (χ3v) is 2.14. The Morgan fingerprint density at radius 1 is 1.50 bits per heavy atom. The third kappa shape index (κ3) is 1.88. The molecule has 5 heteroatoms. The number of esters is 1. The highest BCUT2D eigenvalue weighted by Gasteiger charge is 2.08. The molecule has 1 aromatic carbocycles. The van der Waals surface area contributed by atoms with Crippen LogP contribution in [-0.4, -0.2) is 22.9 Å². The maximum absolute atomic E-state index is 11.2. The minimum atomic E-state index is -0.407. The van der Waals surface area contributed by atoms with E-state index in [-0.39, 0.29) is 0 Å². The molecule has 0 atom stereocenters. The highest BCUT2D eigenvalue weighted by molar-refractivity contribution is 5.88. The average Bonchev–Trinajstić information content (AvgIpc) is 2.77. The highest BCUT2D eigenvalue weighted by Crippen LogP contribution is 2.12. The van der Waals surface area contributed by atoms with E-state index in [1.165, 1.54) is 13.3 Å². The number of ether oxygens (including phenoxy) is 1. The standard InChI is InChI=1S/C11H11N3O2/c1-16-11(15)8-6-13-14(7-8)10-4-2-3-9(12)5-10/h2-7H,12H2,1H3. The van der Waals surface area contributed by atoms with Gasteiger partial charge in [-0.1, -0.05) is 6.07 Å². The van der Waals surface area contributed by atoms with Crippen LogP contribution in [0.1, 0.15) is 10.4 Å². The first-order valence-electron chi connectivity index (χ1n) is 4.69. The Morgan fingerprint density at radius 2 is 2.31 bits per heavy atom. The predicted molar refractivity (Wildman–Crippen MR) is 59.3 cm³/mol. The van der Waals surface area contributed by atoms with Crippen molar-refractivity contribution in [2.75, 3.05) is 12.8 Å². The van der Waals surface area contributed by atoms with Gasteiger partial charge in [0, 0.05) is 11.9 Å². The number of carbonyl (C=O) groups is 1. The fourth-order valence-electron chi connectivity index (χ4n) is 1.35. The van der Waals surface area contributed by atoms with Crippen molar-refractivity contribution < 1.29 is 9.53 Å².